The van der Waals surface area contributed by atoms with E-state index in [4.69, 9.17) is 16.3 Å². The van der Waals surface area contributed by atoms with Gasteiger partial charge in [0.05, 0.1) is 11.9 Å². The second-order valence-electron chi connectivity index (χ2n) is 11.2. The van der Waals surface area contributed by atoms with Crippen LogP contribution in [0.15, 0.2) is 72.8 Å². The van der Waals surface area contributed by atoms with Gasteiger partial charge in [-0.1, -0.05) is 78.3 Å². The van der Waals surface area contributed by atoms with E-state index in [2.05, 4.69) is 10.6 Å². The minimum absolute atomic E-state index is 0.202. The maximum Gasteiger partial charge on any atom is 0.258 e. The number of aliphatic hydroxyl groups excluding tert-OH is 1. The Morgan fingerprint density at radius 3 is 2.35 bits per heavy atom. The third-order valence-electron chi connectivity index (χ3n) is 7.52. The third-order valence-corrected chi connectivity index (χ3v) is 9.27. The van der Waals surface area contributed by atoms with Crippen LogP contribution in [0.2, 0.25) is 5.02 Å². The van der Waals surface area contributed by atoms with E-state index < -0.39 is 34.7 Å². The number of halogens is 1. The summed E-state index contributed by atoms with van der Waals surface area (Å²) in [5.41, 5.74) is 3.39. The highest BCUT2D eigenvalue weighted by Gasteiger charge is 2.49. The molecule has 1 aliphatic rings. The van der Waals surface area contributed by atoms with E-state index >= 15 is 0 Å². The molecule has 3 amide bonds. The predicted octanol–water partition coefficient (Wildman–Crippen LogP) is 4.42. The van der Waals surface area contributed by atoms with Crippen molar-refractivity contribution in [2.75, 3.05) is 12.5 Å². The molecule has 0 bridgehead atoms. The molecule has 1 fully saturated rings. The van der Waals surface area contributed by atoms with Gasteiger partial charge in [0.1, 0.15) is 11.8 Å². The maximum absolute atomic E-state index is 13.8. The molecule has 1 unspecified atom stereocenters. The van der Waals surface area contributed by atoms with Gasteiger partial charge in [0.25, 0.3) is 11.8 Å². The number of carbonyl (C=O) groups excluding carboxylic acids is 3. The van der Waals surface area contributed by atoms with E-state index in [1.807, 2.05) is 94.4 Å². The van der Waals surface area contributed by atoms with Crippen molar-refractivity contribution in [3.05, 3.63) is 100 Å². The Hall–Kier alpha value is -3.53. The lowest BCUT2D eigenvalue weighted by Gasteiger charge is -2.33. The summed E-state index contributed by atoms with van der Waals surface area (Å²) in [5, 5.41) is 17.7. The number of hydrogen-bond acceptors (Lipinski definition) is 6. The highest BCUT2D eigenvalue weighted by atomic mass is 35.5. The lowest BCUT2D eigenvalue weighted by atomic mass is 9.97. The van der Waals surface area contributed by atoms with Gasteiger partial charge in [-0.25, -0.2) is 0 Å². The number of nitrogens with zero attached hydrogens (tertiary/aromatic N) is 1. The number of thioether (sulfide) groups is 1. The van der Waals surface area contributed by atoms with Crippen LogP contribution >= 0.6 is 23.4 Å². The number of rotatable bonds is 11. The molecular weight excluding hydrogens is 586 g/mol. The lowest BCUT2D eigenvalue weighted by molar-refractivity contribution is -0.148. The summed E-state index contributed by atoms with van der Waals surface area (Å²) in [5.74, 6) is -0.611. The van der Waals surface area contributed by atoms with Crippen LogP contribution in [0.4, 0.5) is 0 Å². The summed E-state index contributed by atoms with van der Waals surface area (Å²) in [6.45, 7) is 7.51. The van der Waals surface area contributed by atoms with E-state index in [9.17, 15) is 19.5 Å². The molecule has 1 heterocycles. The number of carbonyl (C=O) groups is 3. The Balaban J connectivity index is 1.49. The first-order valence-electron chi connectivity index (χ1n) is 14.1. The first-order valence-corrected chi connectivity index (χ1v) is 15.5. The molecule has 0 aliphatic carbocycles. The molecule has 1 saturated heterocycles. The Morgan fingerprint density at radius 1 is 1.02 bits per heavy atom. The van der Waals surface area contributed by atoms with Crippen molar-refractivity contribution >= 4 is 41.1 Å². The van der Waals surface area contributed by atoms with E-state index in [1.165, 1.54) is 16.7 Å². The summed E-state index contributed by atoms with van der Waals surface area (Å²) < 4.78 is 5.20. The number of amides is 3. The third kappa shape index (κ3) is 8.10. The first-order chi connectivity index (χ1) is 20.5. The number of hydrogen-bond donors (Lipinski definition) is 3. The number of ether oxygens (including phenoxy) is 1. The average molecular weight is 624 g/mol. The van der Waals surface area contributed by atoms with Crippen LogP contribution in [0.1, 0.15) is 36.1 Å². The topological polar surface area (TPSA) is 108 Å². The zero-order valence-electron chi connectivity index (χ0n) is 24.8. The Morgan fingerprint density at radius 2 is 1.67 bits per heavy atom. The number of para-hydroxylation sites is 1. The lowest BCUT2D eigenvalue weighted by Crippen LogP contribution is -2.59. The molecule has 3 atom stereocenters. The number of benzene rings is 3. The fourth-order valence-electron chi connectivity index (χ4n) is 5.20. The van der Waals surface area contributed by atoms with E-state index in [0.29, 0.717) is 10.8 Å². The number of aryl methyl sites for hydroxylation is 2. The van der Waals surface area contributed by atoms with Crippen LogP contribution in [-0.2, 0) is 27.3 Å². The molecule has 4 rings (SSSR count). The summed E-state index contributed by atoms with van der Waals surface area (Å²) in [6.07, 6.45) is -1.39. The van der Waals surface area contributed by atoms with Crippen molar-refractivity contribution < 1.29 is 24.2 Å². The summed E-state index contributed by atoms with van der Waals surface area (Å²) in [4.78, 5) is 41.8. The smallest absolute Gasteiger partial charge is 0.258 e. The Bertz CT molecular complexity index is 1430. The minimum Gasteiger partial charge on any atom is -0.483 e. The summed E-state index contributed by atoms with van der Waals surface area (Å²) >= 11 is 7.72. The Kier molecular flexibility index (Phi) is 10.8. The van der Waals surface area contributed by atoms with Crippen molar-refractivity contribution in [2.45, 2.75) is 63.6 Å². The zero-order valence-corrected chi connectivity index (χ0v) is 26.4. The maximum atomic E-state index is 13.8. The molecule has 0 aromatic heterocycles. The van der Waals surface area contributed by atoms with Gasteiger partial charge in [-0.15, -0.1) is 11.8 Å². The van der Waals surface area contributed by atoms with Gasteiger partial charge < -0.3 is 25.4 Å². The SMILES string of the molecule is Cc1cccc(C)c1OCC(=O)N[C@@H](Cc1ccccc1)[C@H](O)C(=O)N1CSC(C)(C)C1C(=O)NCc1ccccc1Cl. The molecule has 1 aliphatic heterocycles. The van der Waals surface area contributed by atoms with Crippen LogP contribution in [0, 0.1) is 13.8 Å². The van der Waals surface area contributed by atoms with Crippen LogP contribution in [-0.4, -0.2) is 63.1 Å². The van der Waals surface area contributed by atoms with Crippen molar-refractivity contribution in [1.29, 1.82) is 0 Å². The van der Waals surface area contributed by atoms with Gasteiger partial charge in [0.15, 0.2) is 12.7 Å². The summed E-state index contributed by atoms with van der Waals surface area (Å²) in [6, 6.07) is 20.4. The van der Waals surface area contributed by atoms with Crippen LogP contribution in [0.3, 0.4) is 0 Å². The molecule has 0 spiro atoms. The summed E-state index contributed by atoms with van der Waals surface area (Å²) in [7, 11) is 0. The molecule has 8 nitrogen and oxygen atoms in total. The molecule has 3 N–H and O–H groups in total. The molecule has 3 aromatic carbocycles. The van der Waals surface area contributed by atoms with Gasteiger partial charge in [-0.05, 0) is 62.4 Å². The fraction of sp³-hybridized carbons (Fsp3) is 0.364. The number of aliphatic hydroxyl groups is 1. The molecule has 0 radical (unpaired) electrons. The second kappa shape index (κ2) is 14.3. The van der Waals surface area contributed by atoms with Crippen molar-refractivity contribution in [3.63, 3.8) is 0 Å². The molecule has 3 aromatic rings. The van der Waals surface area contributed by atoms with Crippen molar-refractivity contribution in [1.82, 2.24) is 15.5 Å². The molecule has 0 saturated carbocycles. The predicted molar refractivity (Wildman–Crippen MR) is 170 cm³/mol. The monoisotopic (exact) mass is 623 g/mol. The van der Waals surface area contributed by atoms with Crippen molar-refractivity contribution in [3.8, 4) is 5.75 Å². The standard InChI is InChI=1S/C33H38ClN3O5S/c1-21-11-10-12-22(2)29(21)42-19-27(38)36-26(17-23-13-6-5-7-14-23)28(39)32(41)37-20-43-33(3,4)30(37)31(40)35-18-24-15-8-9-16-25(24)34/h5-16,26,28,30,39H,17-20H2,1-4H3,(H,35,40)(H,36,38)/t26-,28-,30?/m0/s1. The normalized spacial score (nSPS) is 17.2. The zero-order chi connectivity index (χ0) is 31.1. The van der Waals surface area contributed by atoms with Crippen molar-refractivity contribution in [2.24, 2.45) is 0 Å². The van der Waals surface area contributed by atoms with Crippen LogP contribution in [0.25, 0.3) is 0 Å². The van der Waals surface area contributed by atoms with E-state index in [-0.39, 0.29) is 31.4 Å². The fourth-order valence-corrected chi connectivity index (χ4v) is 6.54. The van der Waals surface area contributed by atoms with Gasteiger partial charge in [-0.2, -0.15) is 0 Å². The van der Waals surface area contributed by atoms with Crippen LogP contribution < -0.4 is 15.4 Å². The number of nitrogens with one attached hydrogen (secondary N) is 2. The quantitative estimate of drug-likeness (QED) is 0.292. The van der Waals surface area contributed by atoms with Crippen LogP contribution in [0.5, 0.6) is 5.75 Å². The molecule has 10 heteroatoms. The average Bonchev–Trinajstić information content (AvgIpc) is 3.30. The minimum atomic E-state index is -1.60. The van der Waals surface area contributed by atoms with Gasteiger partial charge in [0, 0.05) is 16.3 Å². The second-order valence-corrected chi connectivity index (χ2v) is 13.2. The molecule has 43 heavy (non-hydrogen) atoms. The Labute approximate surface area is 262 Å². The highest BCUT2D eigenvalue weighted by molar-refractivity contribution is 8.00. The van der Waals surface area contributed by atoms with Gasteiger partial charge in [-0.3, -0.25) is 14.4 Å². The van der Waals surface area contributed by atoms with Gasteiger partial charge >= 0.3 is 0 Å². The molecular formula is C33H38ClN3O5S. The molecule has 228 valence electrons. The van der Waals surface area contributed by atoms with Gasteiger partial charge in [0.2, 0.25) is 5.91 Å². The highest BCUT2D eigenvalue weighted by Crippen LogP contribution is 2.40. The van der Waals surface area contributed by atoms with E-state index in [0.717, 1.165) is 22.3 Å². The first kappa shape index (κ1) is 32.4. The largest absolute Gasteiger partial charge is 0.483 e. The van der Waals surface area contributed by atoms with E-state index in [1.54, 1.807) is 6.07 Å².